The van der Waals surface area contributed by atoms with Gasteiger partial charge in [0.05, 0.1) is 18.5 Å². The van der Waals surface area contributed by atoms with Crippen molar-refractivity contribution in [2.75, 3.05) is 37.8 Å². The molecule has 1 aromatic heterocycles. The molecule has 196 valence electrons. The highest BCUT2D eigenvalue weighted by Gasteiger charge is 2.42. The lowest BCUT2D eigenvalue weighted by atomic mass is 9.96. The molecule has 5 rings (SSSR count). The maximum Gasteiger partial charge on any atom is 0.321 e. The normalized spacial score (nSPS) is 24.5. The Labute approximate surface area is 214 Å². The predicted molar refractivity (Wildman–Crippen MR) is 141 cm³/mol. The molecule has 3 aliphatic rings. The SMILES string of the molecule is CNC(=O)N(CCCN1C2CCC1CC(n1c(C)nc3c1CCN(S(C)(=O)=O)C3)C2)c1ccccc1. The van der Waals surface area contributed by atoms with Gasteiger partial charge in [0.15, 0.2) is 0 Å². The molecule has 2 atom stereocenters. The van der Waals surface area contributed by atoms with E-state index in [4.69, 9.17) is 4.98 Å². The fraction of sp³-hybridized carbons (Fsp3) is 0.615. The number of benzene rings is 1. The van der Waals surface area contributed by atoms with Crippen molar-refractivity contribution >= 4 is 21.7 Å². The second-order valence-electron chi connectivity index (χ2n) is 10.4. The monoisotopic (exact) mass is 514 g/mol. The van der Waals surface area contributed by atoms with E-state index in [1.54, 1.807) is 7.05 Å². The van der Waals surface area contributed by atoms with Crippen molar-refractivity contribution in [1.82, 2.24) is 24.1 Å². The van der Waals surface area contributed by atoms with Gasteiger partial charge in [0.25, 0.3) is 0 Å². The number of sulfonamides is 1. The minimum absolute atomic E-state index is 0.0716. The average Bonchev–Trinajstić information content (AvgIpc) is 3.31. The fourth-order valence-electron chi connectivity index (χ4n) is 6.61. The summed E-state index contributed by atoms with van der Waals surface area (Å²) >= 11 is 0. The number of para-hydroxylation sites is 1. The fourth-order valence-corrected chi connectivity index (χ4v) is 7.39. The van der Waals surface area contributed by atoms with Crippen LogP contribution in [0.25, 0.3) is 0 Å². The zero-order chi connectivity index (χ0) is 25.4. The summed E-state index contributed by atoms with van der Waals surface area (Å²) in [6.07, 6.45) is 7.59. The van der Waals surface area contributed by atoms with Gasteiger partial charge in [0.1, 0.15) is 5.82 Å². The summed E-state index contributed by atoms with van der Waals surface area (Å²) in [5, 5.41) is 2.77. The first-order chi connectivity index (χ1) is 17.3. The summed E-state index contributed by atoms with van der Waals surface area (Å²) < 4.78 is 28.1. The number of carbonyl (C=O) groups is 1. The number of fused-ring (bicyclic) bond motifs is 3. The lowest BCUT2D eigenvalue weighted by Gasteiger charge is -2.41. The molecular formula is C26H38N6O3S. The van der Waals surface area contributed by atoms with E-state index in [1.807, 2.05) is 35.2 Å². The molecule has 2 amide bonds. The van der Waals surface area contributed by atoms with Crippen molar-refractivity contribution in [3.63, 3.8) is 0 Å². The van der Waals surface area contributed by atoms with Gasteiger partial charge in [0.2, 0.25) is 10.0 Å². The second-order valence-corrected chi connectivity index (χ2v) is 12.4. The number of aryl methyl sites for hydroxylation is 1. The Morgan fingerprint density at radius 3 is 2.47 bits per heavy atom. The van der Waals surface area contributed by atoms with Gasteiger partial charge in [-0.1, -0.05) is 18.2 Å². The van der Waals surface area contributed by atoms with Crippen molar-refractivity contribution in [2.45, 2.75) is 70.1 Å². The van der Waals surface area contributed by atoms with Gasteiger partial charge in [-0.05, 0) is 51.2 Å². The smallest absolute Gasteiger partial charge is 0.321 e. The molecule has 4 heterocycles. The second kappa shape index (κ2) is 10.1. The number of rotatable bonds is 7. The summed E-state index contributed by atoms with van der Waals surface area (Å²) in [6.45, 7) is 4.66. The lowest BCUT2D eigenvalue weighted by molar-refractivity contribution is 0.104. The topological polar surface area (TPSA) is 90.8 Å². The van der Waals surface area contributed by atoms with E-state index < -0.39 is 10.0 Å². The van der Waals surface area contributed by atoms with Crippen molar-refractivity contribution in [1.29, 1.82) is 0 Å². The predicted octanol–water partition coefficient (Wildman–Crippen LogP) is 2.91. The Hall–Kier alpha value is -2.43. The molecule has 1 aromatic carbocycles. The standard InChI is InChI=1S/C26H38N6O3S/c1-19-28-24-18-29(36(3,34)35)15-12-25(24)32(19)23-16-21-10-11-22(17-23)30(21)13-7-14-31(26(33)27-2)20-8-5-4-6-9-20/h4-6,8-9,21-23H,7,10-18H2,1-3H3,(H,27,33). The van der Waals surface area contributed by atoms with Crippen molar-refractivity contribution < 1.29 is 13.2 Å². The van der Waals surface area contributed by atoms with Crippen LogP contribution in [0.1, 0.15) is 55.4 Å². The summed E-state index contributed by atoms with van der Waals surface area (Å²) in [4.78, 5) is 21.8. The molecule has 0 spiro atoms. The van der Waals surface area contributed by atoms with E-state index in [0.717, 1.165) is 49.4 Å². The molecule has 2 bridgehead atoms. The zero-order valence-corrected chi connectivity index (χ0v) is 22.4. The molecule has 2 aromatic rings. The van der Waals surface area contributed by atoms with E-state index in [-0.39, 0.29) is 6.03 Å². The number of urea groups is 1. The third-order valence-electron chi connectivity index (χ3n) is 8.21. The first-order valence-electron chi connectivity index (χ1n) is 13.1. The Morgan fingerprint density at radius 2 is 1.83 bits per heavy atom. The molecular weight excluding hydrogens is 476 g/mol. The van der Waals surface area contributed by atoms with Crippen LogP contribution >= 0.6 is 0 Å². The maximum absolute atomic E-state index is 12.5. The molecule has 3 aliphatic heterocycles. The summed E-state index contributed by atoms with van der Waals surface area (Å²) in [5.41, 5.74) is 3.08. The van der Waals surface area contributed by atoms with Gasteiger partial charge in [-0.25, -0.2) is 18.2 Å². The molecule has 2 saturated heterocycles. The van der Waals surface area contributed by atoms with E-state index in [0.29, 0.717) is 37.8 Å². The Bertz CT molecular complexity index is 1180. The Kier molecular flexibility index (Phi) is 7.11. The minimum atomic E-state index is -3.20. The summed E-state index contributed by atoms with van der Waals surface area (Å²) in [6, 6.07) is 11.3. The van der Waals surface area contributed by atoms with Gasteiger partial charge in [-0.2, -0.15) is 4.31 Å². The first kappa shape index (κ1) is 25.2. The van der Waals surface area contributed by atoms with Crippen molar-refractivity contribution in [3.8, 4) is 0 Å². The molecule has 0 aliphatic carbocycles. The van der Waals surface area contributed by atoms with Crippen LogP contribution in [0.4, 0.5) is 10.5 Å². The number of hydrogen-bond acceptors (Lipinski definition) is 5. The number of carbonyl (C=O) groups excluding carboxylic acids is 1. The molecule has 0 radical (unpaired) electrons. The van der Waals surface area contributed by atoms with E-state index in [1.165, 1.54) is 29.1 Å². The van der Waals surface area contributed by atoms with Gasteiger partial charge < -0.3 is 9.88 Å². The maximum atomic E-state index is 12.5. The average molecular weight is 515 g/mol. The van der Waals surface area contributed by atoms with Crippen LogP contribution in [0.2, 0.25) is 0 Å². The molecule has 2 fully saturated rings. The Balaban J connectivity index is 1.23. The molecule has 1 N–H and O–H groups in total. The molecule has 0 saturated carbocycles. The quantitative estimate of drug-likeness (QED) is 0.614. The number of amides is 2. The van der Waals surface area contributed by atoms with Crippen LogP contribution in [0, 0.1) is 6.92 Å². The highest BCUT2D eigenvalue weighted by molar-refractivity contribution is 7.88. The number of piperidine rings is 1. The summed E-state index contributed by atoms with van der Waals surface area (Å²) in [7, 11) is -1.52. The number of nitrogens with one attached hydrogen (secondary N) is 1. The van der Waals surface area contributed by atoms with Crippen LogP contribution in [0.15, 0.2) is 30.3 Å². The highest BCUT2D eigenvalue weighted by atomic mass is 32.2. The van der Waals surface area contributed by atoms with Crippen LogP contribution in [0.3, 0.4) is 0 Å². The van der Waals surface area contributed by atoms with Crippen molar-refractivity contribution in [2.24, 2.45) is 0 Å². The van der Waals surface area contributed by atoms with Crippen LogP contribution < -0.4 is 10.2 Å². The van der Waals surface area contributed by atoms with Crippen LogP contribution in [-0.2, 0) is 23.0 Å². The minimum Gasteiger partial charge on any atom is -0.341 e. The lowest BCUT2D eigenvalue weighted by Crippen LogP contribution is -2.46. The molecule has 36 heavy (non-hydrogen) atoms. The van der Waals surface area contributed by atoms with Gasteiger partial charge in [-0.3, -0.25) is 9.80 Å². The zero-order valence-electron chi connectivity index (χ0n) is 21.6. The van der Waals surface area contributed by atoms with Crippen molar-refractivity contribution in [3.05, 3.63) is 47.5 Å². The van der Waals surface area contributed by atoms with E-state index >= 15 is 0 Å². The number of anilines is 1. The molecule has 2 unspecified atom stereocenters. The number of aromatic nitrogens is 2. The number of hydrogen-bond donors (Lipinski definition) is 1. The number of imidazole rings is 1. The van der Waals surface area contributed by atoms with Crippen LogP contribution in [-0.4, -0.2) is 78.2 Å². The number of nitrogens with zero attached hydrogens (tertiary/aromatic N) is 5. The Morgan fingerprint density at radius 1 is 1.14 bits per heavy atom. The third kappa shape index (κ3) is 4.90. The first-order valence-corrected chi connectivity index (χ1v) is 14.9. The van der Waals surface area contributed by atoms with Gasteiger partial charge >= 0.3 is 6.03 Å². The van der Waals surface area contributed by atoms with Gasteiger partial charge in [0, 0.05) is 62.6 Å². The highest BCUT2D eigenvalue weighted by Crippen LogP contribution is 2.42. The molecule has 9 nitrogen and oxygen atoms in total. The third-order valence-corrected chi connectivity index (χ3v) is 9.46. The summed E-state index contributed by atoms with van der Waals surface area (Å²) in [5.74, 6) is 1.01. The van der Waals surface area contributed by atoms with Gasteiger partial charge in [-0.15, -0.1) is 0 Å². The van der Waals surface area contributed by atoms with E-state index in [9.17, 15) is 13.2 Å². The van der Waals surface area contributed by atoms with Crippen LogP contribution in [0.5, 0.6) is 0 Å². The largest absolute Gasteiger partial charge is 0.341 e. The van der Waals surface area contributed by atoms with E-state index in [2.05, 4.69) is 21.7 Å². The molecule has 10 heteroatoms.